The fourth-order valence-electron chi connectivity index (χ4n) is 3.12. The summed E-state index contributed by atoms with van der Waals surface area (Å²) >= 11 is 0. The van der Waals surface area contributed by atoms with Crippen LogP contribution in [0, 0.1) is 0 Å². The van der Waals surface area contributed by atoms with E-state index in [1.54, 1.807) is 12.1 Å². The summed E-state index contributed by atoms with van der Waals surface area (Å²) in [6.07, 6.45) is 16.2. The molecular weight excluding hydrogens is 343 g/mol. The van der Waals surface area contributed by atoms with Crippen molar-refractivity contribution in [1.29, 1.82) is 0 Å². The monoisotopic (exact) mass is 378 g/mol. The van der Waals surface area contributed by atoms with Crippen molar-refractivity contribution in [2.45, 2.75) is 95.3 Å². The number of benzene rings is 1. The third kappa shape index (κ3) is 12.2. The topological polar surface area (TPSA) is 54.4 Å². The molecule has 0 heterocycles. The van der Waals surface area contributed by atoms with Crippen LogP contribution in [0.1, 0.15) is 91.0 Å². The molecule has 0 radical (unpaired) electrons. The van der Waals surface area contributed by atoms with Gasteiger partial charge < -0.3 is 1.43 Å². The van der Waals surface area contributed by atoms with Gasteiger partial charge in [-0.25, -0.2) is 0 Å². The average Bonchev–Trinajstić information content (AvgIpc) is 2.55. The molecule has 0 spiro atoms. The molecule has 0 aromatic heterocycles. The fraction of sp³-hybridized carbons (Fsp3) is 0.700. The van der Waals surface area contributed by atoms with Crippen molar-refractivity contribution >= 4 is 10.1 Å². The Bertz CT molecular complexity index is 550. The molecule has 0 saturated heterocycles. The molecule has 0 bridgehead atoms. The maximum atomic E-state index is 11.3. The van der Waals surface area contributed by atoms with Gasteiger partial charge in [0.1, 0.15) is 0 Å². The molecule has 0 amide bonds. The van der Waals surface area contributed by atoms with Crippen molar-refractivity contribution in [3.63, 3.8) is 0 Å². The van der Waals surface area contributed by atoms with Gasteiger partial charge in [-0.2, -0.15) is 8.42 Å². The molecule has 1 aromatic carbocycles. The van der Waals surface area contributed by atoms with Crippen LogP contribution in [0.4, 0.5) is 0 Å². The van der Waals surface area contributed by atoms with E-state index in [2.05, 4.69) is 6.92 Å². The quantitative estimate of drug-likeness (QED) is 0.307. The summed E-state index contributed by atoms with van der Waals surface area (Å²) in [5.74, 6) is 0. The van der Waals surface area contributed by atoms with Crippen LogP contribution >= 0.6 is 0 Å². The Kier molecular flexibility index (Phi) is 15.3. The van der Waals surface area contributed by atoms with E-state index >= 15 is 0 Å². The Labute approximate surface area is 178 Å². The maximum Gasteiger partial charge on any atom is 1.00 e. The average molecular weight is 379 g/mol. The van der Waals surface area contributed by atoms with Gasteiger partial charge in [0, 0.05) is 0 Å². The number of rotatable bonds is 14. The van der Waals surface area contributed by atoms with Crippen molar-refractivity contribution in [3.8, 4) is 0 Å². The summed E-state index contributed by atoms with van der Waals surface area (Å²) in [6.45, 7) is 2.25. The van der Waals surface area contributed by atoms with Crippen LogP contribution in [-0.2, 0) is 16.5 Å². The number of hydrogen-bond donors (Lipinski definition) is 1. The molecule has 1 aromatic rings. The van der Waals surface area contributed by atoms with Gasteiger partial charge in [-0.1, -0.05) is 95.8 Å². The van der Waals surface area contributed by atoms with E-state index in [1.165, 1.54) is 70.3 Å². The normalized spacial score (nSPS) is 11.3. The summed E-state index contributed by atoms with van der Waals surface area (Å²) in [5.41, 5.74) is 0.729. The van der Waals surface area contributed by atoms with Crippen LogP contribution in [0.15, 0.2) is 29.2 Å². The van der Waals surface area contributed by atoms with Crippen molar-refractivity contribution in [3.05, 3.63) is 29.8 Å². The van der Waals surface area contributed by atoms with Gasteiger partial charge in [0.2, 0.25) is 0 Å². The largest absolute Gasteiger partial charge is 1.00 e. The van der Waals surface area contributed by atoms with Crippen LogP contribution in [0.3, 0.4) is 0 Å². The van der Waals surface area contributed by atoms with Crippen molar-refractivity contribution in [2.24, 2.45) is 0 Å². The molecule has 0 unspecified atom stereocenters. The summed E-state index contributed by atoms with van der Waals surface area (Å²) < 4.78 is 31.9. The van der Waals surface area contributed by atoms with E-state index < -0.39 is 10.1 Å². The molecule has 1 rings (SSSR count). The molecule has 0 aliphatic heterocycles. The molecule has 0 atom stereocenters. The van der Waals surface area contributed by atoms with Gasteiger partial charge in [0.25, 0.3) is 10.1 Å². The molecule has 140 valence electrons. The first kappa shape index (κ1) is 25.1. The van der Waals surface area contributed by atoms with Crippen LogP contribution in [0.5, 0.6) is 0 Å². The van der Waals surface area contributed by atoms with Crippen molar-refractivity contribution in [1.82, 2.24) is 0 Å². The molecule has 0 fully saturated rings. The third-order valence-corrected chi connectivity index (χ3v) is 5.50. The Balaban J connectivity index is 0. The second kappa shape index (κ2) is 15.2. The van der Waals surface area contributed by atoms with E-state index in [0.717, 1.165) is 18.4 Å². The van der Waals surface area contributed by atoms with Gasteiger partial charge in [0.05, 0.1) is 4.90 Å². The van der Waals surface area contributed by atoms with E-state index in [9.17, 15) is 13.0 Å². The van der Waals surface area contributed by atoms with E-state index in [-0.39, 0.29) is 35.9 Å². The second-order valence-electron chi connectivity index (χ2n) is 6.72. The third-order valence-electron chi connectivity index (χ3n) is 4.55. The fourth-order valence-corrected chi connectivity index (χ4v) is 3.87. The van der Waals surface area contributed by atoms with Gasteiger partial charge in [-0.3, -0.25) is 4.55 Å². The first-order chi connectivity index (χ1) is 11.6. The molecule has 0 aliphatic rings. The summed E-state index contributed by atoms with van der Waals surface area (Å²) in [6, 6.07) is 6.74. The van der Waals surface area contributed by atoms with Crippen LogP contribution in [0.2, 0.25) is 0 Å². The minimum Gasteiger partial charge on any atom is -1.00 e. The van der Waals surface area contributed by atoms with Gasteiger partial charge >= 0.3 is 29.6 Å². The van der Waals surface area contributed by atoms with Gasteiger partial charge in [0.15, 0.2) is 0 Å². The molecule has 1 N–H and O–H groups in total. The molecule has 3 nitrogen and oxygen atoms in total. The standard InChI is InChI=1S/C20H34O3S.Na.H/c1-2-3-4-5-6-7-8-9-10-11-12-13-16-19-17-14-15-18-20(19)24(21,22)23;;/h14-15,17-18H,2-13,16H2,1H3,(H,21,22,23);;/q;+1;-1. The zero-order chi connectivity index (χ0) is 17.7. The van der Waals surface area contributed by atoms with Gasteiger partial charge in [-0.05, 0) is 24.5 Å². The summed E-state index contributed by atoms with van der Waals surface area (Å²) in [4.78, 5) is 0.0630. The molecule has 25 heavy (non-hydrogen) atoms. The SMILES string of the molecule is CCCCCCCCCCCCCCc1ccccc1S(=O)(=O)O.[H-].[Na+]. The smallest absolute Gasteiger partial charge is 1.00 e. The van der Waals surface area contributed by atoms with Crippen molar-refractivity contribution in [2.75, 3.05) is 0 Å². The first-order valence-electron chi connectivity index (χ1n) is 9.61. The predicted molar refractivity (Wildman–Crippen MR) is 102 cm³/mol. The molecule has 0 aliphatic carbocycles. The van der Waals surface area contributed by atoms with E-state index in [1.807, 2.05) is 6.07 Å². The Morgan fingerprint density at radius 2 is 1.24 bits per heavy atom. The Hall–Kier alpha value is 0.130. The maximum absolute atomic E-state index is 11.3. The number of unbranched alkanes of at least 4 members (excludes halogenated alkanes) is 11. The van der Waals surface area contributed by atoms with E-state index in [4.69, 9.17) is 0 Å². The van der Waals surface area contributed by atoms with E-state index in [0.29, 0.717) is 6.42 Å². The molecular formula is C20H35NaO3S. The molecule has 0 saturated carbocycles. The first-order valence-corrected chi connectivity index (χ1v) is 11.0. The predicted octanol–water partition coefficient (Wildman–Crippen LogP) is 3.29. The van der Waals surface area contributed by atoms with Crippen LogP contribution in [-0.4, -0.2) is 13.0 Å². The van der Waals surface area contributed by atoms with Gasteiger partial charge in [-0.15, -0.1) is 0 Å². The second-order valence-corrected chi connectivity index (χ2v) is 8.11. The Morgan fingerprint density at radius 3 is 1.72 bits per heavy atom. The summed E-state index contributed by atoms with van der Waals surface area (Å²) in [5, 5.41) is 0. The summed E-state index contributed by atoms with van der Waals surface area (Å²) in [7, 11) is -4.10. The molecule has 5 heteroatoms. The van der Waals surface area contributed by atoms with Crippen LogP contribution in [0.25, 0.3) is 0 Å². The zero-order valence-corrected chi connectivity index (χ0v) is 19.0. The minimum atomic E-state index is -4.10. The minimum absolute atomic E-state index is 0. The van der Waals surface area contributed by atoms with Crippen LogP contribution < -0.4 is 29.6 Å². The Morgan fingerprint density at radius 1 is 0.800 bits per heavy atom. The van der Waals surface area contributed by atoms with Crippen molar-refractivity contribution < 1.29 is 44.0 Å². The number of aryl methyl sites for hydroxylation is 1. The zero-order valence-electron chi connectivity index (χ0n) is 17.2. The number of hydrogen-bond acceptors (Lipinski definition) is 2.